The number of carbonyl (C=O) groups is 1. The van der Waals surface area contributed by atoms with Gasteiger partial charge < -0.3 is 5.11 Å². The lowest BCUT2D eigenvalue weighted by molar-refractivity contribution is 0.103. The highest BCUT2D eigenvalue weighted by Crippen LogP contribution is 2.30. The van der Waals surface area contributed by atoms with Crippen LogP contribution in [0.3, 0.4) is 0 Å². The average Bonchev–Trinajstić information content (AvgIpc) is 2.49. The number of halogens is 1. The number of phenolic OH excluding ortho intramolecular Hbond substituents is 1. The zero-order valence-corrected chi connectivity index (χ0v) is 12.2. The second-order valence-corrected chi connectivity index (χ2v) is 4.95. The van der Waals surface area contributed by atoms with Crippen LogP contribution in [-0.2, 0) is 12.3 Å². The van der Waals surface area contributed by atoms with Gasteiger partial charge in [0.25, 0.3) is 0 Å². The molecule has 0 aliphatic rings. The molecule has 0 atom stereocenters. The number of phenols is 1. The molecular weight excluding hydrogens is 272 g/mol. The fraction of sp³-hybridized carbons (Fsp3) is 0.235. The summed E-state index contributed by atoms with van der Waals surface area (Å²) in [7, 11) is 0. The third-order valence-electron chi connectivity index (χ3n) is 3.30. The van der Waals surface area contributed by atoms with Crippen molar-refractivity contribution < 1.29 is 9.90 Å². The van der Waals surface area contributed by atoms with E-state index in [9.17, 15) is 9.90 Å². The topological polar surface area (TPSA) is 37.3 Å². The third-order valence-corrected chi connectivity index (χ3v) is 3.59. The fourth-order valence-electron chi connectivity index (χ4n) is 2.26. The van der Waals surface area contributed by atoms with E-state index in [1.54, 1.807) is 18.2 Å². The molecule has 0 saturated carbocycles. The van der Waals surface area contributed by atoms with E-state index in [2.05, 4.69) is 0 Å². The average molecular weight is 289 g/mol. The van der Waals surface area contributed by atoms with Crippen molar-refractivity contribution in [3.05, 3.63) is 64.7 Å². The molecular formula is C17H17ClO2. The van der Waals surface area contributed by atoms with Crippen LogP contribution < -0.4 is 0 Å². The molecule has 0 aliphatic carbocycles. The Labute approximate surface area is 124 Å². The van der Waals surface area contributed by atoms with Crippen LogP contribution >= 0.6 is 11.6 Å². The number of benzene rings is 2. The Hall–Kier alpha value is -1.80. The number of aromatic hydroxyl groups is 1. The second kappa shape index (κ2) is 6.58. The SMILES string of the molecule is CCCc1c(CCl)ccc(C(=O)c2ccccc2)c1O. The summed E-state index contributed by atoms with van der Waals surface area (Å²) in [5, 5.41) is 10.4. The lowest BCUT2D eigenvalue weighted by Gasteiger charge is -2.12. The Morgan fingerprint density at radius 1 is 1.15 bits per heavy atom. The zero-order valence-electron chi connectivity index (χ0n) is 11.4. The molecule has 0 fully saturated rings. The summed E-state index contributed by atoms with van der Waals surface area (Å²) in [4.78, 5) is 12.4. The first-order valence-corrected chi connectivity index (χ1v) is 7.22. The summed E-state index contributed by atoms with van der Waals surface area (Å²) >= 11 is 5.89. The van der Waals surface area contributed by atoms with Crippen LogP contribution in [0.1, 0.15) is 40.4 Å². The van der Waals surface area contributed by atoms with Gasteiger partial charge in [0.15, 0.2) is 5.78 Å². The van der Waals surface area contributed by atoms with Crippen molar-refractivity contribution >= 4 is 17.4 Å². The number of alkyl halides is 1. The van der Waals surface area contributed by atoms with Gasteiger partial charge in [-0.15, -0.1) is 11.6 Å². The molecule has 0 aromatic heterocycles. The van der Waals surface area contributed by atoms with E-state index in [0.29, 0.717) is 23.4 Å². The largest absolute Gasteiger partial charge is 0.507 e. The molecule has 0 amide bonds. The van der Waals surface area contributed by atoms with Crippen LogP contribution in [0, 0.1) is 0 Å². The molecule has 0 bridgehead atoms. The van der Waals surface area contributed by atoms with E-state index in [-0.39, 0.29) is 11.5 Å². The number of hydrogen-bond acceptors (Lipinski definition) is 2. The van der Waals surface area contributed by atoms with Crippen LogP contribution in [0.4, 0.5) is 0 Å². The van der Waals surface area contributed by atoms with Gasteiger partial charge in [0.05, 0.1) is 5.56 Å². The highest BCUT2D eigenvalue weighted by atomic mass is 35.5. The Morgan fingerprint density at radius 2 is 1.85 bits per heavy atom. The van der Waals surface area contributed by atoms with E-state index in [1.165, 1.54) is 0 Å². The van der Waals surface area contributed by atoms with Crippen molar-refractivity contribution in [1.82, 2.24) is 0 Å². The van der Waals surface area contributed by atoms with E-state index in [0.717, 1.165) is 17.5 Å². The molecule has 0 saturated heterocycles. The van der Waals surface area contributed by atoms with E-state index in [4.69, 9.17) is 11.6 Å². The van der Waals surface area contributed by atoms with Gasteiger partial charge in [-0.3, -0.25) is 4.79 Å². The highest BCUT2D eigenvalue weighted by molar-refractivity contribution is 6.17. The van der Waals surface area contributed by atoms with Gasteiger partial charge >= 0.3 is 0 Å². The lowest BCUT2D eigenvalue weighted by Crippen LogP contribution is -2.04. The van der Waals surface area contributed by atoms with Gasteiger partial charge in [0.1, 0.15) is 5.75 Å². The Morgan fingerprint density at radius 3 is 2.45 bits per heavy atom. The molecule has 104 valence electrons. The van der Waals surface area contributed by atoms with E-state index in [1.807, 2.05) is 31.2 Å². The van der Waals surface area contributed by atoms with Gasteiger partial charge in [-0.2, -0.15) is 0 Å². The lowest BCUT2D eigenvalue weighted by atomic mass is 9.95. The molecule has 0 radical (unpaired) electrons. The molecule has 0 spiro atoms. The minimum Gasteiger partial charge on any atom is -0.507 e. The number of hydrogen-bond donors (Lipinski definition) is 1. The second-order valence-electron chi connectivity index (χ2n) is 4.68. The maximum absolute atomic E-state index is 12.4. The molecule has 0 heterocycles. The van der Waals surface area contributed by atoms with Crippen molar-refractivity contribution in [3.8, 4) is 5.75 Å². The Kier molecular flexibility index (Phi) is 4.80. The summed E-state index contributed by atoms with van der Waals surface area (Å²) in [6.07, 6.45) is 1.60. The molecule has 0 unspecified atom stereocenters. The van der Waals surface area contributed by atoms with Crippen LogP contribution in [-0.4, -0.2) is 10.9 Å². The summed E-state index contributed by atoms with van der Waals surface area (Å²) in [6.45, 7) is 2.03. The molecule has 3 heteroatoms. The first-order chi connectivity index (χ1) is 9.69. The quantitative estimate of drug-likeness (QED) is 0.657. The first kappa shape index (κ1) is 14.6. The number of rotatable bonds is 5. The fourth-order valence-corrected chi connectivity index (χ4v) is 2.51. The standard InChI is InChI=1S/C17H17ClO2/c1-2-6-14-13(11-18)9-10-15(17(14)20)16(19)12-7-4-3-5-8-12/h3-5,7-10,20H,2,6,11H2,1H3. The molecule has 20 heavy (non-hydrogen) atoms. The number of carbonyl (C=O) groups excluding carboxylic acids is 1. The maximum Gasteiger partial charge on any atom is 0.196 e. The maximum atomic E-state index is 12.4. The molecule has 0 aliphatic heterocycles. The Balaban J connectivity index is 2.48. The van der Waals surface area contributed by atoms with Gasteiger partial charge in [0.2, 0.25) is 0 Å². The summed E-state index contributed by atoms with van der Waals surface area (Å²) < 4.78 is 0. The van der Waals surface area contributed by atoms with Crippen LogP contribution in [0.2, 0.25) is 0 Å². The van der Waals surface area contributed by atoms with Crippen molar-refractivity contribution in [2.75, 3.05) is 0 Å². The van der Waals surface area contributed by atoms with E-state index >= 15 is 0 Å². The predicted octanol–water partition coefficient (Wildman–Crippen LogP) is 4.31. The molecule has 1 N–H and O–H groups in total. The van der Waals surface area contributed by atoms with Crippen LogP contribution in [0.25, 0.3) is 0 Å². The van der Waals surface area contributed by atoms with Gasteiger partial charge in [-0.25, -0.2) is 0 Å². The van der Waals surface area contributed by atoms with Crippen molar-refractivity contribution in [1.29, 1.82) is 0 Å². The minimum absolute atomic E-state index is 0.0684. The van der Waals surface area contributed by atoms with Crippen molar-refractivity contribution in [2.45, 2.75) is 25.6 Å². The molecule has 2 rings (SSSR count). The number of ketones is 1. The van der Waals surface area contributed by atoms with Gasteiger partial charge in [-0.05, 0) is 23.6 Å². The van der Waals surface area contributed by atoms with Crippen molar-refractivity contribution in [3.63, 3.8) is 0 Å². The minimum atomic E-state index is -0.165. The zero-order chi connectivity index (χ0) is 14.5. The molecule has 2 nitrogen and oxygen atoms in total. The molecule has 2 aromatic rings. The summed E-state index contributed by atoms with van der Waals surface area (Å²) in [5.41, 5.74) is 2.58. The van der Waals surface area contributed by atoms with Gasteiger partial charge in [-0.1, -0.05) is 49.7 Å². The summed E-state index contributed by atoms with van der Waals surface area (Å²) in [5.74, 6) is 0.239. The smallest absolute Gasteiger partial charge is 0.196 e. The van der Waals surface area contributed by atoms with Crippen LogP contribution in [0.5, 0.6) is 5.75 Å². The van der Waals surface area contributed by atoms with Gasteiger partial charge in [0, 0.05) is 11.4 Å². The highest BCUT2D eigenvalue weighted by Gasteiger charge is 2.18. The monoisotopic (exact) mass is 288 g/mol. The van der Waals surface area contributed by atoms with E-state index < -0.39 is 0 Å². The van der Waals surface area contributed by atoms with Crippen LogP contribution in [0.15, 0.2) is 42.5 Å². The normalized spacial score (nSPS) is 10.5. The Bertz CT molecular complexity index is 606. The van der Waals surface area contributed by atoms with Crippen molar-refractivity contribution in [2.24, 2.45) is 0 Å². The summed E-state index contributed by atoms with van der Waals surface area (Å²) in [6, 6.07) is 12.5. The molecule has 2 aromatic carbocycles. The predicted molar refractivity (Wildman–Crippen MR) is 81.5 cm³/mol. The third kappa shape index (κ3) is 2.86. The first-order valence-electron chi connectivity index (χ1n) is 6.68.